The molecule has 1 aromatic carbocycles. The second kappa shape index (κ2) is 5.79. The highest BCUT2D eigenvalue weighted by Crippen LogP contribution is 2.38. The van der Waals surface area contributed by atoms with Crippen LogP contribution in [0.4, 0.5) is 5.69 Å². The molecule has 0 saturated heterocycles. The quantitative estimate of drug-likeness (QED) is 0.461. The molecule has 21 heavy (non-hydrogen) atoms. The molecule has 8 heteroatoms. The molecule has 0 aliphatic rings. The summed E-state index contributed by atoms with van der Waals surface area (Å²) in [6.07, 6.45) is 2.50. The Hall–Kier alpha value is -1.37. The van der Waals surface area contributed by atoms with Gasteiger partial charge in [-0.1, -0.05) is 48.9 Å². The zero-order chi connectivity index (χ0) is 15.8. The molecule has 0 atom stereocenters. The van der Waals surface area contributed by atoms with Gasteiger partial charge < -0.3 is 0 Å². The van der Waals surface area contributed by atoms with Crippen molar-refractivity contribution in [3.63, 3.8) is 0 Å². The van der Waals surface area contributed by atoms with Crippen molar-refractivity contribution in [1.82, 2.24) is 9.78 Å². The minimum Gasteiger partial charge on any atom is -0.274 e. The van der Waals surface area contributed by atoms with Crippen LogP contribution in [0, 0.1) is 10.1 Å². The first kappa shape index (κ1) is 16.0. The third-order valence-corrected chi connectivity index (χ3v) is 4.63. The van der Waals surface area contributed by atoms with Crippen LogP contribution in [-0.2, 0) is 6.17 Å². The Kier molecular flexibility index (Phi) is 4.41. The number of nitrogens with zero attached hydrogens (tertiary/aromatic N) is 3. The number of hydrogen-bond donors (Lipinski definition) is 0. The Bertz CT molecular complexity index is 695. The first-order valence-corrected chi connectivity index (χ1v) is 10.8. The van der Waals surface area contributed by atoms with Crippen molar-refractivity contribution < 1.29 is 4.92 Å². The van der Waals surface area contributed by atoms with Gasteiger partial charge in [0.2, 0.25) is 0 Å². The molecule has 5 nitrogen and oxygen atoms in total. The first-order chi connectivity index (χ1) is 9.69. The van der Waals surface area contributed by atoms with Crippen LogP contribution >= 0.6 is 23.2 Å². The Morgan fingerprint density at radius 2 is 1.95 bits per heavy atom. The van der Waals surface area contributed by atoms with Gasteiger partial charge in [0.1, 0.15) is 10.7 Å². The molecule has 112 valence electrons. The number of hydrogen-bond acceptors (Lipinski definition) is 3. The first-order valence-electron chi connectivity index (χ1n) is 6.35. The van der Waals surface area contributed by atoms with Crippen LogP contribution in [0.3, 0.4) is 0 Å². The van der Waals surface area contributed by atoms with Crippen molar-refractivity contribution in [3.8, 4) is 11.3 Å². The third-order valence-electron chi connectivity index (χ3n) is 2.78. The summed E-state index contributed by atoms with van der Waals surface area (Å²) in [5.74, 6) is 0. The van der Waals surface area contributed by atoms with E-state index in [1.54, 1.807) is 23.0 Å². The Morgan fingerprint density at radius 3 is 2.52 bits per heavy atom. The molecule has 2 rings (SSSR count). The molecule has 0 unspecified atom stereocenters. The fourth-order valence-corrected chi connectivity index (χ4v) is 3.67. The molecule has 0 bridgehead atoms. The van der Waals surface area contributed by atoms with Gasteiger partial charge in [-0.05, 0) is 12.1 Å². The second-order valence-corrected chi connectivity index (χ2v) is 12.2. The van der Waals surface area contributed by atoms with Gasteiger partial charge in [0.15, 0.2) is 0 Å². The lowest BCUT2D eigenvalue weighted by molar-refractivity contribution is -0.384. The van der Waals surface area contributed by atoms with Crippen LogP contribution in [-0.4, -0.2) is 22.8 Å². The smallest absolute Gasteiger partial charge is 0.274 e. The lowest BCUT2D eigenvalue weighted by atomic mass is 10.1. The molecular formula is C13H15Cl2N3O2Si. The zero-order valence-corrected chi connectivity index (χ0v) is 14.4. The number of halogens is 2. The van der Waals surface area contributed by atoms with Gasteiger partial charge in [0.05, 0.1) is 23.6 Å². The predicted molar refractivity (Wildman–Crippen MR) is 87.7 cm³/mol. The summed E-state index contributed by atoms with van der Waals surface area (Å²) in [4.78, 5) is 10.7. The minimum atomic E-state index is -1.37. The molecule has 1 aromatic heterocycles. The number of aromatic nitrogens is 2. The van der Waals surface area contributed by atoms with E-state index in [0.717, 1.165) is 6.17 Å². The van der Waals surface area contributed by atoms with Gasteiger partial charge in [-0.2, -0.15) is 5.10 Å². The summed E-state index contributed by atoms with van der Waals surface area (Å²) >= 11 is 12.1. The Balaban J connectivity index is 2.53. The average Bonchev–Trinajstić information content (AvgIpc) is 2.66. The van der Waals surface area contributed by atoms with E-state index in [1.165, 1.54) is 6.07 Å². The maximum absolute atomic E-state index is 11.2. The van der Waals surface area contributed by atoms with Crippen LogP contribution in [0.1, 0.15) is 0 Å². The van der Waals surface area contributed by atoms with E-state index >= 15 is 0 Å². The van der Waals surface area contributed by atoms with Crippen LogP contribution in [0.2, 0.25) is 29.7 Å². The van der Waals surface area contributed by atoms with E-state index in [0.29, 0.717) is 16.3 Å². The lowest BCUT2D eigenvalue weighted by Gasteiger charge is -2.15. The van der Waals surface area contributed by atoms with Gasteiger partial charge >= 0.3 is 0 Å². The Morgan fingerprint density at radius 1 is 1.29 bits per heavy atom. The fourth-order valence-electron chi connectivity index (χ4n) is 2.04. The van der Waals surface area contributed by atoms with E-state index < -0.39 is 13.0 Å². The summed E-state index contributed by atoms with van der Waals surface area (Å²) < 4.78 is 1.76. The summed E-state index contributed by atoms with van der Waals surface area (Å²) in [5.41, 5.74) is 0.565. The molecular weight excluding hydrogens is 329 g/mol. The van der Waals surface area contributed by atoms with Crippen molar-refractivity contribution in [2.45, 2.75) is 25.8 Å². The highest BCUT2D eigenvalue weighted by molar-refractivity contribution is 6.74. The van der Waals surface area contributed by atoms with E-state index in [1.807, 2.05) is 0 Å². The van der Waals surface area contributed by atoms with Gasteiger partial charge in [-0.3, -0.25) is 14.8 Å². The van der Waals surface area contributed by atoms with Crippen molar-refractivity contribution in [1.29, 1.82) is 0 Å². The van der Waals surface area contributed by atoms with Crippen LogP contribution < -0.4 is 0 Å². The van der Waals surface area contributed by atoms with Gasteiger partial charge in [0.25, 0.3) is 5.69 Å². The highest BCUT2D eigenvalue weighted by atomic mass is 35.5. The van der Waals surface area contributed by atoms with E-state index in [4.69, 9.17) is 23.2 Å². The average molecular weight is 344 g/mol. The fraction of sp³-hybridized carbons (Fsp3) is 0.308. The van der Waals surface area contributed by atoms with E-state index in [2.05, 4.69) is 24.7 Å². The molecule has 0 radical (unpaired) electrons. The molecule has 0 amide bonds. The molecule has 0 fully saturated rings. The maximum Gasteiger partial charge on any atom is 0.297 e. The van der Waals surface area contributed by atoms with E-state index in [9.17, 15) is 10.1 Å². The van der Waals surface area contributed by atoms with Crippen molar-refractivity contribution in [2.75, 3.05) is 0 Å². The summed E-state index contributed by atoms with van der Waals surface area (Å²) in [7, 11) is -1.37. The Labute approximate surface area is 133 Å². The summed E-state index contributed by atoms with van der Waals surface area (Å²) in [6.45, 7) is 6.64. The van der Waals surface area contributed by atoms with Crippen molar-refractivity contribution in [3.05, 3.63) is 44.6 Å². The summed E-state index contributed by atoms with van der Waals surface area (Å²) in [5, 5.41) is 16.1. The van der Waals surface area contributed by atoms with Gasteiger partial charge in [0, 0.05) is 12.4 Å². The van der Waals surface area contributed by atoms with Crippen molar-refractivity contribution >= 4 is 37.0 Å². The largest absolute Gasteiger partial charge is 0.297 e. The number of rotatable bonds is 4. The number of para-hydroxylation sites is 1. The number of benzene rings is 1. The standard InChI is InChI=1S/C13H15Cl2N3O2Si/c1-21(2,3)8-17-7-11(15)12(16-17)9-5-4-6-10(14)13(9)18(19)20/h4-7H,8H2,1-3H3. The maximum atomic E-state index is 11.2. The molecule has 1 heterocycles. The van der Waals surface area contributed by atoms with Crippen LogP contribution in [0.15, 0.2) is 24.4 Å². The van der Waals surface area contributed by atoms with E-state index in [-0.39, 0.29) is 10.7 Å². The topological polar surface area (TPSA) is 61.0 Å². The lowest BCUT2D eigenvalue weighted by Crippen LogP contribution is -2.28. The predicted octanol–water partition coefficient (Wildman–Crippen LogP) is 4.64. The van der Waals surface area contributed by atoms with Crippen LogP contribution in [0.25, 0.3) is 11.3 Å². The number of nitro groups is 1. The monoisotopic (exact) mass is 343 g/mol. The zero-order valence-electron chi connectivity index (χ0n) is 11.9. The molecule has 0 saturated carbocycles. The molecule has 0 aliphatic carbocycles. The normalized spacial score (nSPS) is 11.7. The third kappa shape index (κ3) is 3.64. The van der Waals surface area contributed by atoms with Gasteiger partial charge in [-0.25, -0.2) is 0 Å². The number of nitro benzene ring substituents is 1. The summed E-state index contributed by atoms with van der Waals surface area (Å²) in [6, 6.07) is 4.74. The highest BCUT2D eigenvalue weighted by Gasteiger charge is 2.24. The molecule has 2 aromatic rings. The SMILES string of the molecule is C[Si](C)(C)Cn1cc(Cl)c(-c2cccc(Cl)c2[N+](=O)[O-])n1. The van der Waals surface area contributed by atoms with Gasteiger partial charge in [-0.15, -0.1) is 0 Å². The molecule has 0 spiro atoms. The van der Waals surface area contributed by atoms with Crippen LogP contribution in [0.5, 0.6) is 0 Å². The molecule has 0 aliphatic heterocycles. The minimum absolute atomic E-state index is 0.0771. The van der Waals surface area contributed by atoms with Crippen molar-refractivity contribution in [2.24, 2.45) is 0 Å². The second-order valence-electron chi connectivity index (χ2n) is 5.98. The molecule has 0 N–H and O–H groups in total.